The molecule has 2 atom stereocenters. The molecule has 21 heavy (non-hydrogen) atoms. The molecule has 0 radical (unpaired) electrons. The van der Waals surface area contributed by atoms with E-state index in [1.807, 2.05) is 0 Å². The van der Waals surface area contributed by atoms with Gasteiger partial charge in [-0.25, -0.2) is 0 Å². The number of nitrogens with two attached hydrogens (primary N) is 1. The normalized spacial score (nSPS) is 27.1. The minimum atomic E-state index is -1.37. The second kappa shape index (κ2) is 5.63. The van der Waals surface area contributed by atoms with E-state index in [0.717, 1.165) is 31.3 Å². The summed E-state index contributed by atoms with van der Waals surface area (Å²) in [6.45, 7) is 4.18. The quantitative estimate of drug-likeness (QED) is 0.840. The average molecular weight is 280 g/mol. The Labute approximate surface area is 126 Å². The number of nitrogens with zero attached hydrogens (tertiary/aromatic N) is 3. The van der Waals surface area contributed by atoms with E-state index in [1.54, 1.807) is 0 Å². The third-order valence-corrected chi connectivity index (χ3v) is 4.70. The molecule has 0 unspecified atom stereocenters. The highest BCUT2D eigenvalue weighted by atomic mass is 14.7. The first-order chi connectivity index (χ1) is 10.0. The lowest BCUT2D eigenvalue weighted by Gasteiger charge is -2.43. The van der Waals surface area contributed by atoms with Gasteiger partial charge in [0.15, 0.2) is 5.41 Å². The second-order valence-corrected chi connectivity index (χ2v) is 6.37. The Morgan fingerprint density at radius 3 is 2.52 bits per heavy atom. The predicted octanol–water partition coefficient (Wildman–Crippen LogP) is 3.16. The van der Waals surface area contributed by atoms with Crippen LogP contribution in [0.2, 0.25) is 0 Å². The molecule has 2 aliphatic rings. The van der Waals surface area contributed by atoms with Crippen molar-refractivity contribution >= 4 is 0 Å². The van der Waals surface area contributed by atoms with Gasteiger partial charge >= 0.3 is 0 Å². The van der Waals surface area contributed by atoms with Crippen LogP contribution in [0.15, 0.2) is 22.9 Å². The molecular weight excluding hydrogens is 260 g/mol. The first-order valence-electron chi connectivity index (χ1n) is 7.45. The summed E-state index contributed by atoms with van der Waals surface area (Å²) in [7, 11) is 0. The Balaban J connectivity index is 2.70. The van der Waals surface area contributed by atoms with Crippen LogP contribution in [0.4, 0.5) is 0 Å². The monoisotopic (exact) mass is 280 g/mol. The van der Waals surface area contributed by atoms with Gasteiger partial charge in [-0.15, -0.1) is 0 Å². The fourth-order valence-electron chi connectivity index (χ4n) is 3.75. The zero-order valence-electron chi connectivity index (χ0n) is 12.6. The van der Waals surface area contributed by atoms with Gasteiger partial charge in [0, 0.05) is 5.92 Å². The van der Waals surface area contributed by atoms with Crippen molar-refractivity contribution in [2.45, 2.75) is 39.5 Å². The predicted molar refractivity (Wildman–Crippen MR) is 78.9 cm³/mol. The van der Waals surface area contributed by atoms with Gasteiger partial charge in [0.2, 0.25) is 0 Å². The summed E-state index contributed by atoms with van der Waals surface area (Å²) < 4.78 is 0. The smallest absolute Gasteiger partial charge is 0.187 e. The summed E-state index contributed by atoms with van der Waals surface area (Å²) in [6.07, 6.45) is 5.74. The molecule has 2 rings (SSSR count). The first-order valence-corrected chi connectivity index (χ1v) is 7.45. The minimum absolute atomic E-state index is 0.0994. The van der Waals surface area contributed by atoms with Crippen molar-refractivity contribution in [2.75, 3.05) is 0 Å². The number of allylic oxidation sites excluding steroid dienone is 4. The molecule has 0 heterocycles. The van der Waals surface area contributed by atoms with E-state index in [1.165, 1.54) is 0 Å². The second-order valence-electron chi connectivity index (χ2n) is 6.37. The van der Waals surface area contributed by atoms with Crippen molar-refractivity contribution < 1.29 is 0 Å². The Kier molecular flexibility index (Phi) is 4.06. The van der Waals surface area contributed by atoms with E-state index < -0.39 is 5.41 Å². The fraction of sp³-hybridized carbons (Fsp3) is 0.588. The molecular formula is C17H20N4. The van der Waals surface area contributed by atoms with Crippen LogP contribution in [0.3, 0.4) is 0 Å². The Morgan fingerprint density at radius 1 is 1.33 bits per heavy atom. The van der Waals surface area contributed by atoms with Crippen LogP contribution < -0.4 is 5.73 Å². The molecule has 4 heteroatoms. The zero-order chi connectivity index (χ0) is 15.6. The lowest BCUT2D eigenvalue weighted by molar-refractivity contribution is 0.199. The van der Waals surface area contributed by atoms with E-state index in [2.05, 4.69) is 38.1 Å². The molecule has 0 bridgehead atoms. The van der Waals surface area contributed by atoms with Gasteiger partial charge in [-0.05, 0) is 43.1 Å². The van der Waals surface area contributed by atoms with E-state index >= 15 is 0 Å². The standard InChI is InChI=1S/C17H20N4/c1-11(2)7-15-13-6-4-3-5-12(13)14(8-18)16(21)17(15,9-19)10-20/h5,11,13,15H,3-4,6-7,21H2,1-2H3/t13-,15-/m0/s1. The van der Waals surface area contributed by atoms with Crippen molar-refractivity contribution in [3.05, 3.63) is 22.9 Å². The molecule has 0 spiro atoms. The zero-order valence-corrected chi connectivity index (χ0v) is 12.6. The molecule has 2 aliphatic carbocycles. The highest BCUT2D eigenvalue weighted by Gasteiger charge is 2.52. The van der Waals surface area contributed by atoms with Gasteiger partial charge in [-0.2, -0.15) is 15.8 Å². The Bertz CT molecular complexity index is 605. The van der Waals surface area contributed by atoms with Crippen molar-refractivity contribution in [2.24, 2.45) is 28.9 Å². The van der Waals surface area contributed by atoms with Crippen molar-refractivity contribution in [3.63, 3.8) is 0 Å². The summed E-state index contributed by atoms with van der Waals surface area (Å²) in [6, 6.07) is 6.43. The fourth-order valence-corrected chi connectivity index (χ4v) is 3.75. The molecule has 0 aromatic rings. The third kappa shape index (κ3) is 2.20. The number of hydrogen-bond donors (Lipinski definition) is 1. The first kappa shape index (κ1) is 15.1. The number of nitriles is 3. The van der Waals surface area contributed by atoms with Crippen LogP contribution in [0.5, 0.6) is 0 Å². The topological polar surface area (TPSA) is 97.4 Å². The number of hydrogen-bond acceptors (Lipinski definition) is 4. The molecule has 0 amide bonds. The maximum Gasteiger partial charge on any atom is 0.187 e. The average Bonchev–Trinajstić information content (AvgIpc) is 2.48. The SMILES string of the molecule is CC(C)C[C@H]1[C@H]2CCCC=C2C(C#N)=C(N)C1(C#N)C#N. The maximum atomic E-state index is 9.68. The summed E-state index contributed by atoms with van der Waals surface area (Å²) >= 11 is 0. The summed E-state index contributed by atoms with van der Waals surface area (Å²) in [5, 5.41) is 28.8. The Morgan fingerprint density at radius 2 is 2.00 bits per heavy atom. The maximum absolute atomic E-state index is 9.68. The number of rotatable bonds is 2. The van der Waals surface area contributed by atoms with Crippen LogP contribution in [-0.4, -0.2) is 0 Å². The molecule has 0 fully saturated rings. The summed E-state index contributed by atoms with van der Waals surface area (Å²) in [5.41, 5.74) is 6.25. The Hall–Kier alpha value is -2.25. The lowest BCUT2D eigenvalue weighted by Crippen LogP contribution is -2.44. The molecule has 0 aromatic carbocycles. The van der Waals surface area contributed by atoms with Gasteiger partial charge in [0.25, 0.3) is 0 Å². The lowest BCUT2D eigenvalue weighted by atomic mass is 9.57. The van der Waals surface area contributed by atoms with Gasteiger partial charge in [-0.1, -0.05) is 19.9 Å². The molecule has 2 N–H and O–H groups in total. The van der Waals surface area contributed by atoms with Crippen LogP contribution in [-0.2, 0) is 0 Å². The van der Waals surface area contributed by atoms with E-state index in [4.69, 9.17) is 5.73 Å². The molecule has 0 aliphatic heterocycles. The summed E-state index contributed by atoms with van der Waals surface area (Å²) in [4.78, 5) is 0. The van der Waals surface area contributed by atoms with E-state index in [-0.39, 0.29) is 17.5 Å². The highest BCUT2D eigenvalue weighted by molar-refractivity contribution is 5.56. The van der Waals surface area contributed by atoms with Crippen LogP contribution in [0, 0.1) is 57.2 Å². The van der Waals surface area contributed by atoms with Crippen LogP contribution >= 0.6 is 0 Å². The van der Waals surface area contributed by atoms with E-state index in [0.29, 0.717) is 11.5 Å². The van der Waals surface area contributed by atoms with Crippen molar-refractivity contribution in [3.8, 4) is 18.2 Å². The number of fused-ring (bicyclic) bond motifs is 1. The largest absolute Gasteiger partial charge is 0.399 e. The highest BCUT2D eigenvalue weighted by Crippen LogP contribution is 2.53. The van der Waals surface area contributed by atoms with Crippen molar-refractivity contribution in [1.82, 2.24) is 0 Å². The molecule has 0 saturated heterocycles. The van der Waals surface area contributed by atoms with Gasteiger partial charge < -0.3 is 5.73 Å². The van der Waals surface area contributed by atoms with Gasteiger partial charge in [0.1, 0.15) is 6.07 Å². The molecule has 108 valence electrons. The van der Waals surface area contributed by atoms with Crippen LogP contribution in [0.1, 0.15) is 39.5 Å². The minimum Gasteiger partial charge on any atom is -0.399 e. The molecule has 4 nitrogen and oxygen atoms in total. The third-order valence-electron chi connectivity index (χ3n) is 4.70. The molecule has 0 saturated carbocycles. The van der Waals surface area contributed by atoms with Crippen molar-refractivity contribution in [1.29, 1.82) is 15.8 Å². The van der Waals surface area contributed by atoms with E-state index in [9.17, 15) is 15.8 Å². The van der Waals surface area contributed by atoms with Crippen LogP contribution in [0.25, 0.3) is 0 Å². The molecule has 0 aromatic heterocycles. The van der Waals surface area contributed by atoms with Gasteiger partial charge in [0.05, 0.1) is 23.4 Å². The van der Waals surface area contributed by atoms with Gasteiger partial charge in [-0.3, -0.25) is 0 Å². The summed E-state index contributed by atoms with van der Waals surface area (Å²) in [5.74, 6) is 0.342.